The van der Waals surface area contributed by atoms with Crippen LogP contribution in [0.3, 0.4) is 0 Å². The lowest BCUT2D eigenvalue weighted by atomic mass is 10.0. The van der Waals surface area contributed by atoms with E-state index in [1.54, 1.807) is 20.6 Å². The van der Waals surface area contributed by atoms with Crippen molar-refractivity contribution in [2.24, 2.45) is 5.41 Å². The van der Waals surface area contributed by atoms with Gasteiger partial charge in [0.25, 0.3) is 0 Å². The topological polar surface area (TPSA) is 20.2 Å². The highest BCUT2D eigenvalue weighted by molar-refractivity contribution is 9.11. The third kappa shape index (κ3) is 8.97. The Labute approximate surface area is 85.6 Å². The average molecular weight is 226 g/mol. The summed E-state index contributed by atoms with van der Waals surface area (Å²) in [6, 6.07) is 0. The Hall–Kier alpha value is 0.880. The minimum atomic E-state index is -0.605. The summed E-state index contributed by atoms with van der Waals surface area (Å²) in [5.41, 5.74) is 0.113. The molecule has 1 unspecified atom stereocenters. The molecule has 74 valence electrons. The maximum Gasteiger partial charge on any atom is 0.0103 e. The van der Waals surface area contributed by atoms with Gasteiger partial charge in [-0.25, -0.2) is 0 Å². The first-order valence-corrected chi connectivity index (χ1v) is 7.91. The van der Waals surface area contributed by atoms with Gasteiger partial charge >= 0.3 is 0 Å². The molecule has 0 aromatic rings. The van der Waals surface area contributed by atoms with Crippen LogP contribution in [0.1, 0.15) is 34.6 Å². The first-order valence-electron chi connectivity index (χ1n) is 3.93. The largest absolute Gasteiger partial charge is 0.327 e. The third-order valence-corrected chi connectivity index (χ3v) is 6.33. The highest BCUT2D eigenvalue weighted by Gasteiger charge is 2.07. The molecule has 0 saturated heterocycles. The molecule has 0 aromatic carbocycles. The van der Waals surface area contributed by atoms with Crippen LogP contribution in [0.15, 0.2) is 0 Å². The summed E-state index contributed by atoms with van der Waals surface area (Å²) >= 11 is 0. The van der Waals surface area contributed by atoms with Gasteiger partial charge in [-0.3, -0.25) is 0 Å². The molecule has 0 aliphatic heterocycles. The molecule has 0 rings (SSSR count). The minimum Gasteiger partial charge on any atom is -0.327 e. The highest BCUT2D eigenvalue weighted by atomic mass is 33.5. The second-order valence-electron chi connectivity index (χ2n) is 3.97. The summed E-state index contributed by atoms with van der Waals surface area (Å²) in [7, 11) is 2.68. The zero-order chi connectivity index (χ0) is 9.78. The molecule has 0 fully saturated rings. The van der Waals surface area contributed by atoms with E-state index < -0.39 is 9.80 Å². The molecule has 4 heteroatoms. The molecule has 0 heterocycles. The molecule has 1 atom stereocenters. The van der Waals surface area contributed by atoms with Gasteiger partial charge in [-0.2, -0.15) is 0 Å². The van der Waals surface area contributed by atoms with Crippen molar-refractivity contribution in [3.63, 3.8) is 0 Å². The number of hydrogen-bond acceptors (Lipinski definition) is 3. The predicted molar refractivity (Wildman–Crippen MR) is 66.1 cm³/mol. The molecule has 1 N–H and O–H groups in total. The molecule has 0 bridgehead atoms. The molecule has 1 nitrogen and oxygen atoms in total. The molecule has 12 heavy (non-hydrogen) atoms. The van der Waals surface area contributed by atoms with Gasteiger partial charge in [0.2, 0.25) is 0 Å². The Balaban J connectivity index is 3.87. The number of hydrogen-bond donors (Lipinski definition) is 1. The van der Waals surface area contributed by atoms with Crippen LogP contribution >= 0.6 is 30.4 Å². The lowest BCUT2D eigenvalue weighted by molar-refractivity contribution is 0.611. The summed E-state index contributed by atoms with van der Waals surface area (Å²) in [4.78, 5) is 0. The predicted octanol–water partition coefficient (Wildman–Crippen LogP) is 4.28. The van der Waals surface area contributed by atoms with E-state index >= 15 is 0 Å². The summed E-state index contributed by atoms with van der Waals surface area (Å²) in [5, 5.41) is 2.57. The molecule has 0 aromatic heterocycles. The van der Waals surface area contributed by atoms with E-state index in [9.17, 15) is 4.55 Å². The summed E-state index contributed by atoms with van der Waals surface area (Å²) in [6.07, 6.45) is 0. The van der Waals surface area contributed by atoms with E-state index in [1.165, 1.54) is 0 Å². The van der Waals surface area contributed by atoms with E-state index in [-0.39, 0.29) is 5.41 Å². The lowest BCUT2D eigenvalue weighted by Crippen LogP contribution is -2.05. The van der Waals surface area contributed by atoms with Gasteiger partial charge < -0.3 is 4.55 Å². The fourth-order valence-corrected chi connectivity index (χ4v) is 5.51. The van der Waals surface area contributed by atoms with Gasteiger partial charge in [-0.15, -0.1) is 0 Å². The molecular weight excluding hydrogens is 208 g/mol. The van der Waals surface area contributed by atoms with Crippen molar-refractivity contribution in [1.82, 2.24) is 0 Å². The van der Waals surface area contributed by atoms with Gasteiger partial charge in [0.1, 0.15) is 0 Å². The standard InChI is InChI=1S/C8H18OS3/c1-7(2)10-11-12(9)6-8(3,4)5/h6-7,9H,1-5H3. The Bertz CT molecular complexity index is 158. The summed E-state index contributed by atoms with van der Waals surface area (Å²) in [6.45, 7) is 10.6. The van der Waals surface area contributed by atoms with E-state index in [0.717, 1.165) is 0 Å². The van der Waals surface area contributed by atoms with E-state index in [4.69, 9.17) is 0 Å². The Kier molecular flexibility index (Phi) is 5.99. The van der Waals surface area contributed by atoms with Crippen LogP contribution < -0.4 is 0 Å². The molecule has 0 saturated carbocycles. The second kappa shape index (κ2) is 5.58. The zero-order valence-electron chi connectivity index (χ0n) is 8.33. The van der Waals surface area contributed by atoms with Crippen molar-refractivity contribution < 1.29 is 4.55 Å². The summed E-state index contributed by atoms with van der Waals surface area (Å²) in [5.74, 6) is 0. The molecule has 0 aliphatic rings. The van der Waals surface area contributed by atoms with Crippen molar-refractivity contribution in [2.75, 3.05) is 0 Å². The van der Waals surface area contributed by atoms with Crippen molar-refractivity contribution in [1.29, 1.82) is 0 Å². The van der Waals surface area contributed by atoms with Gasteiger partial charge in [-0.05, 0) is 20.6 Å². The Morgan fingerprint density at radius 2 is 1.83 bits per heavy atom. The van der Waals surface area contributed by atoms with Crippen molar-refractivity contribution in [3.05, 3.63) is 0 Å². The fraction of sp³-hybridized carbons (Fsp3) is 0.875. The first kappa shape index (κ1) is 12.9. The van der Waals surface area contributed by atoms with Crippen LogP contribution in [-0.2, 0) is 0 Å². The smallest absolute Gasteiger partial charge is 0.0103 e. The normalized spacial score (nSPS) is 15.6. The van der Waals surface area contributed by atoms with Crippen molar-refractivity contribution >= 4 is 35.8 Å². The van der Waals surface area contributed by atoms with Crippen LogP contribution in [-0.4, -0.2) is 15.2 Å². The summed E-state index contributed by atoms with van der Waals surface area (Å²) < 4.78 is 9.55. The van der Waals surface area contributed by atoms with Crippen LogP contribution in [0.5, 0.6) is 0 Å². The third-order valence-electron chi connectivity index (χ3n) is 0.756. The minimum absolute atomic E-state index is 0.113. The quantitative estimate of drug-likeness (QED) is 0.573. The van der Waals surface area contributed by atoms with Gasteiger partial charge in [0, 0.05) is 15.0 Å². The second-order valence-corrected chi connectivity index (χ2v) is 9.27. The van der Waals surface area contributed by atoms with E-state index in [0.29, 0.717) is 5.25 Å². The Morgan fingerprint density at radius 3 is 2.17 bits per heavy atom. The maximum atomic E-state index is 9.55. The molecule has 0 spiro atoms. The van der Waals surface area contributed by atoms with Crippen molar-refractivity contribution in [2.45, 2.75) is 39.9 Å². The molecule has 0 amide bonds. The van der Waals surface area contributed by atoms with Crippen LogP contribution in [0.25, 0.3) is 0 Å². The molecule has 0 radical (unpaired) electrons. The van der Waals surface area contributed by atoms with Gasteiger partial charge in [0.15, 0.2) is 0 Å². The Morgan fingerprint density at radius 1 is 1.33 bits per heavy atom. The SMILES string of the molecule is CC(C)SS/S(O)=C/C(C)(C)C. The van der Waals surface area contributed by atoms with Crippen LogP contribution in [0.4, 0.5) is 0 Å². The fourth-order valence-electron chi connectivity index (χ4n) is 0.441. The van der Waals surface area contributed by atoms with Crippen molar-refractivity contribution in [3.8, 4) is 0 Å². The first-order chi connectivity index (χ1) is 5.31. The number of rotatable bonds is 3. The van der Waals surface area contributed by atoms with Gasteiger partial charge in [-0.1, -0.05) is 45.4 Å². The van der Waals surface area contributed by atoms with Crippen LogP contribution in [0.2, 0.25) is 0 Å². The van der Waals surface area contributed by atoms with Gasteiger partial charge in [0.05, 0.1) is 0 Å². The van der Waals surface area contributed by atoms with Crippen LogP contribution in [0, 0.1) is 5.41 Å². The monoisotopic (exact) mass is 226 g/mol. The maximum absolute atomic E-state index is 9.55. The van der Waals surface area contributed by atoms with E-state index in [1.807, 2.05) is 5.37 Å². The van der Waals surface area contributed by atoms with E-state index in [2.05, 4.69) is 34.6 Å². The highest BCUT2D eigenvalue weighted by Crippen LogP contribution is 2.41. The molecular formula is C8H18OS3. The lowest BCUT2D eigenvalue weighted by Gasteiger charge is -2.13. The zero-order valence-corrected chi connectivity index (χ0v) is 10.8. The molecule has 0 aliphatic carbocycles. The average Bonchev–Trinajstić information content (AvgIpc) is 1.79.